The van der Waals surface area contributed by atoms with Gasteiger partial charge >= 0.3 is 6.03 Å². The van der Waals surface area contributed by atoms with E-state index in [9.17, 15) is 9.59 Å². The summed E-state index contributed by atoms with van der Waals surface area (Å²) in [7, 11) is 1.65. The number of aromatic nitrogens is 2. The maximum Gasteiger partial charge on any atom is 0.344 e. The highest BCUT2D eigenvalue weighted by atomic mass is 16.2. The van der Waals surface area contributed by atoms with Crippen molar-refractivity contribution in [1.29, 1.82) is 0 Å². The van der Waals surface area contributed by atoms with Crippen molar-refractivity contribution in [3.8, 4) is 0 Å². The lowest BCUT2D eigenvalue weighted by Gasteiger charge is -2.34. The predicted molar refractivity (Wildman–Crippen MR) is 122 cm³/mol. The van der Waals surface area contributed by atoms with Gasteiger partial charge in [-0.1, -0.05) is 6.07 Å². The van der Waals surface area contributed by atoms with Crippen LogP contribution in [-0.2, 0) is 11.3 Å². The SMILES string of the molecule is CC(=O)N(C)c1ccn(C(=O)N2CCN(Cc3cc(C)cc(N4CCCC4)c3)CC2)n1. The Morgan fingerprint density at radius 3 is 2.42 bits per heavy atom. The third-order valence-corrected chi connectivity index (χ3v) is 6.23. The van der Waals surface area contributed by atoms with Gasteiger partial charge in [0, 0.05) is 77.7 Å². The van der Waals surface area contributed by atoms with Crippen LogP contribution in [0.3, 0.4) is 0 Å². The molecular formula is C23H32N6O2. The summed E-state index contributed by atoms with van der Waals surface area (Å²) in [6.45, 7) is 9.86. The fraction of sp³-hybridized carbons (Fsp3) is 0.522. The van der Waals surface area contributed by atoms with E-state index in [-0.39, 0.29) is 11.9 Å². The van der Waals surface area contributed by atoms with Crippen LogP contribution in [0.4, 0.5) is 16.3 Å². The highest BCUT2D eigenvalue weighted by molar-refractivity contribution is 5.90. The van der Waals surface area contributed by atoms with E-state index in [1.165, 1.54) is 46.2 Å². The van der Waals surface area contributed by atoms with Crippen LogP contribution >= 0.6 is 0 Å². The monoisotopic (exact) mass is 424 g/mol. The van der Waals surface area contributed by atoms with Crippen molar-refractivity contribution in [3.63, 3.8) is 0 Å². The number of nitrogens with zero attached hydrogens (tertiary/aromatic N) is 6. The van der Waals surface area contributed by atoms with E-state index in [4.69, 9.17) is 0 Å². The lowest BCUT2D eigenvalue weighted by molar-refractivity contribution is -0.116. The summed E-state index contributed by atoms with van der Waals surface area (Å²) in [5.74, 6) is 0.364. The average Bonchev–Trinajstić information content (AvgIpc) is 3.45. The molecule has 2 amide bonds. The second-order valence-corrected chi connectivity index (χ2v) is 8.61. The summed E-state index contributed by atoms with van der Waals surface area (Å²) in [6, 6.07) is 8.42. The first kappa shape index (κ1) is 21.4. The van der Waals surface area contributed by atoms with E-state index < -0.39 is 0 Å². The van der Waals surface area contributed by atoms with Crippen molar-refractivity contribution in [3.05, 3.63) is 41.6 Å². The molecule has 0 spiro atoms. The van der Waals surface area contributed by atoms with Gasteiger partial charge in [-0.25, -0.2) is 4.79 Å². The number of piperazine rings is 1. The molecule has 0 aliphatic carbocycles. The van der Waals surface area contributed by atoms with Gasteiger partial charge in [0.25, 0.3) is 0 Å². The van der Waals surface area contributed by atoms with E-state index in [0.717, 1.165) is 32.7 Å². The van der Waals surface area contributed by atoms with Crippen LogP contribution in [0.2, 0.25) is 0 Å². The first-order valence-electron chi connectivity index (χ1n) is 11.1. The topological polar surface area (TPSA) is 64.9 Å². The van der Waals surface area contributed by atoms with Gasteiger partial charge in [-0.2, -0.15) is 4.68 Å². The highest BCUT2D eigenvalue weighted by Crippen LogP contribution is 2.24. The van der Waals surface area contributed by atoms with E-state index in [2.05, 4.69) is 40.0 Å². The van der Waals surface area contributed by atoms with Crippen molar-refractivity contribution < 1.29 is 9.59 Å². The van der Waals surface area contributed by atoms with Crippen molar-refractivity contribution in [2.75, 3.05) is 56.1 Å². The van der Waals surface area contributed by atoms with Gasteiger partial charge in [-0.05, 0) is 43.0 Å². The number of carbonyl (C=O) groups excluding carboxylic acids is 2. The van der Waals surface area contributed by atoms with Gasteiger partial charge in [0.15, 0.2) is 5.82 Å². The quantitative estimate of drug-likeness (QED) is 0.755. The summed E-state index contributed by atoms with van der Waals surface area (Å²) in [6.07, 6.45) is 4.18. The number of benzene rings is 1. The van der Waals surface area contributed by atoms with Crippen LogP contribution in [0.25, 0.3) is 0 Å². The lowest BCUT2D eigenvalue weighted by atomic mass is 10.1. The summed E-state index contributed by atoms with van der Waals surface area (Å²) in [5.41, 5.74) is 3.98. The van der Waals surface area contributed by atoms with Crippen LogP contribution < -0.4 is 9.80 Å². The van der Waals surface area contributed by atoms with E-state index in [0.29, 0.717) is 18.9 Å². The number of aryl methyl sites for hydroxylation is 1. The minimum atomic E-state index is -0.144. The third-order valence-electron chi connectivity index (χ3n) is 6.23. The van der Waals surface area contributed by atoms with Gasteiger partial charge in [0.2, 0.25) is 5.91 Å². The first-order chi connectivity index (χ1) is 14.9. The minimum Gasteiger partial charge on any atom is -0.372 e. The molecule has 4 rings (SSSR count). The molecule has 0 bridgehead atoms. The Labute approximate surface area is 184 Å². The third kappa shape index (κ3) is 4.90. The fourth-order valence-electron chi connectivity index (χ4n) is 4.35. The molecule has 0 saturated carbocycles. The largest absolute Gasteiger partial charge is 0.372 e. The van der Waals surface area contributed by atoms with Crippen LogP contribution in [0.1, 0.15) is 30.9 Å². The Balaban J connectivity index is 1.34. The molecule has 0 atom stereocenters. The fourth-order valence-corrected chi connectivity index (χ4v) is 4.35. The van der Waals surface area contributed by atoms with Gasteiger partial charge in [-0.3, -0.25) is 14.6 Å². The van der Waals surface area contributed by atoms with Crippen molar-refractivity contribution in [1.82, 2.24) is 19.6 Å². The molecule has 8 heteroatoms. The molecule has 2 fully saturated rings. The van der Waals surface area contributed by atoms with E-state index in [1.807, 2.05) is 4.90 Å². The van der Waals surface area contributed by atoms with Gasteiger partial charge in [-0.15, -0.1) is 5.10 Å². The molecule has 166 valence electrons. The molecule has 8 nitrogen and oxygen atoms in total. The van der Waals surface area contributed by atoms with Crippen LogP contribution in [0.5, 0.6) is 0 Å². The number of amides is 2. The molecule has 1 aromatic heterocycles. The maximum atomic E-state index is 12.8. The van der Waals surface area contributed by atoms with Crippen LogP contribution in [0, 0.1) is 6.92 Å². The van der Waals surface area contributed by atoms with Crippen LogP contribution in [-0.4, -0.2) is 77.8 Å². The Morgan fingerprint density at radius 1 is 1.03 bits per heavy atom. The number of hydrogen-bond acceptors (Lipinski definition) is 5. The molecule has 31 heavy (non-hydrogen) atoms. The molecule has 0 radical (unpaired) electrons. The molecular weight excluding hydrogens is 392 g/mol. The highest BCUT2D eigenvalue weighted by Gasteiger charge is 2.24. The number of rotatable bonds is 4. The molecule has 2 aliphatic rings. The maximum absolute atomic E-state index is 12.8. The lowest BCUT2D eigenvalue weighted by Crippen LogP contribution is -2.49. The van der Waals surface area contributed by atoms with Crippen molar-refractivity contribution >= 4 is 23.4 Å². The Kier molecular flexibility index (Phi) is 6.27. The van der Waals surface area contributed by atoms with Crippen molar-refractivity contribution in [2.24, 2.45) is 0 Å². The number of carbonyl (C=O) groups is 2. The Morgan fingerprint density at radius 2 is 1.74 bits per heavy atom. The molecule has 2 saturated heterocycles. The summed E-state index contributed by atoms with van der Waals surface area (Å²) >= 11 is 0. The van der Waals surface area contributed by atoms with Crippen LogP contribution in [0.15, 0.2) is 30.5 Å². The standard InChI is InChI=1S/C23H32N6O2/c1-18-14-20(16-21(15-18)27-7-4-5-8-27)17-26-10-12-28(13-11-26)23(31)29-9-6-22(24-29)25(3)19(2)30/h6,9,14-16H,4-5,7-8,10-13,17H2,1-3H3. The zero-order valence-electron chi connectivity index (χ0n) is 18.8. The Hall–Kier alpha value is -2.87. The summed E-state index contributed by atoms with van der Waals surface area (Å²) in [5, 5.41) is 4.26. The molecule has 3 heterocycles. The molecule has 2 aliphatic heterocycles. The normalized spacial score (nSPS) is 17.3. The molecule has 2 aromatic rings. The zero-order valence-corrected chi connectivity index (χ0v) is 18.8. The average molecular weight is 425 g/mol. The van der Waals surface area contributed by atoms with E-state index in [1.54, 1.807) is 19.3 Å². The van der Waals surface area contributed by atoms with Gasteiger partial charge in [0.1, 0.15) is 0 Å². The molecule has 0 N–H and O–H groups in total. The van der Waals surface area contributed by atoms with E-state index >= 15 is 0 Å². The predicted octanol–water partition coefficient (Wildman–Crippen LogP) is 2.56. The summed E-state index contributed by atoms with van der Waals surface area (Å²) < 4.78 is 1.33. The zero-order chi connectivity index (χ0) is 22.0. The second kappa shape index (κ2) is 9.09. The minimum absolute atomic E-state index is 0.115. The number of anilines is 2. The molecule has 1 aromatic carbocycles. The number of hydrogen-bond donors (Lipinski definition) is 0. The first-order valence-corrected chi connectivity index (χ1v) is 11.1. The Bertz CT molecular complexity index is 941. The smallest absolute Gasteiger partial charge is 0.344 e. The van der Waals surface area contributed by atoms with Gasteiger partial charge in [0.05, 0.1) is 0 Å². The molecule has 0 unspecified atom stereocenters. The summed E-state index contributed by atoms with van der Waals surface area (Å²) in [4.78, 5) is 32.5. The van der Waals surface area contributed by atoms with Crippen molar-refractivity contribution in [2.45, 2.75) is 33.2 Å². The second-order valence-electron chi connectivity index (χ2n) is 8.61. The van der Waals surface area contributed by atoms with Gasteiger partial charge < -0.3 is 9.80 Å².